The highest BCUT2D eigenvalue weighted by atomic mass is 79.9. The van der Waals surface area contributed by atoms with Gasteiger partial charge < -0.3 is 0 Å². The van der Waals surface area contributed by atoms with Crippen LogP contribution < -0.4 is 0 Å². The molecule has 0 aromatic heterocycles. The molecule has 0 heterocycles. The molecule has 0 aromatic rings. The summed E-state index contributed by atoms with van der Waals surface area (Å²) in [7, 11) is 0. The number of halogens is 1. The average molecular weight is 142 g/mol. The maximum Gasteiger partial charge on any atom is 0.413 e. The van der Waals surface area contributed by atoms with E-state index in [0.29, 0.717) is 0 Å². The molecule has 0 radical (unpaired) electrons. The topological polar surface area (TPSA) is 17.1 Å². The minimum atomic E-state index is -1.06. The molecular weight excluding hydrogens is 139 g/mol. The van der Waals surface area contributed by atoms with E-state index in [4.69, 9.17) is 0 Å². The largest absolute Gasteiger partial charge is 0.413 e. The van der Waals surface area contributed by atoms with Gasteiger partial charge in [-0.15, -0.1) is 0 Å². The lowest BCUT2D eigenvalue weighted by atomic mass is 12.0. The summed E-state index contributed by atoms with van der Waals surface area (Å²) in [5.41, 5.74) is 0. The Morgan fingerprint density at radius 1 is 2.00 bits per heavy atom. The van der Waals surface area contributed by atoms with Gasteiger partial charge in [-0.3, -0.25) is 0 Å². The molecule has 1 unspecified atom stereocenters. The van der Waals surface area contributed by atoms with Crippen LogP contribution in [0.2, 0.25) is 0 Å². The van der Waals surface area contributed by atoms with Gasteiger partial charge in [0.1, 0.15) is 6.66 Å². The Bertz CT molecular complexity index is 31.0. The Kier molecular flexibility index (Phi) is 2.13. The van der Waals surface area contributed by atoms with Gasteiger partial charge in [0.15, 0.2) is 0 Å². The molecule has 3 heteroatoms. The zero-order valence-corrected chi connectivity index (χ0v) is 4.71. The first kappa shape index (κ1) is 4.58. The maximum atomic E-state index is 9.51. The normalized spacial score (nSPS) is 11.0. The molecule has 0 saturated carbocycles. The van der Waals surface area contributed by atoms with Crippen molar-refractivity contribution in [3.8, 4) is 0 Å². The highest BCUT2D eigenvalue weighted by Gasteiger charge is 1.87. The molecule has 24 valence electrons. The van der Waals surface area contributed by atoms with Crippen molar-refractivity contribution >= 4 is 22.0 Å². The van der Waals surface area contributed by atoms with Crippen LogP contribution >= 0.6 is 22.0 Å². The fourth-order valence-electron chi connectivity index (χ4n) is 0. The first-order chi connectivity index (χ1) is 1.73. The molecule has 4 heavy (non-hydrogen) atoms. The van der Waals surface area contributed by atoms with E-state index >= 15 is 0 Å². The number of rotatable bonds is 0. The minimum absolute atomic E-state index is 1.06. The van der Waals surface area contributed by atoms with E-state index in [0.717, 1.165) is 0 Å². The molecular formula is CH3BrOP+. The molecule has 1 atom stereocenters. The highest BCUT2D eigenvalue weighted by Crippen LogP contribution is 2.22. The van der Waals surface area contributed by atoms with Crippen LogP contribution in [-0.4, -0.2) is 6.66 Å². The summed E-state index contributed by atoms with van der Waals surface area (Å²) in [4.78, 5) is 0. The third-order valence-electron chi connectivity index (χ3n) is 0. The summed E-state index contributed by atoms with van der Waals surface area (Å²) in [6.07, 6.45) is 0. The molecule has 0 aromatic carbocycles. The SMILES string of the molecule is C[P+](=O)Br. The van der Waals surface area contributed by atoms with Gasteiger partial charge in [-0.25, -0.2) is 0 Å². The predicted molar refractivity (Wildman–Crippen MR) is 22.5 cm³/mol. The van der Waals surface area contributed by atoms with Gasteiger partial charge in [-0.2, -0.15) is 0 Å². The van der Waals surface area contributed by atoms with Crippen molar-refractivity contribution < 1.29 is 4.57 Å². The van der Waals surface area contributed by atoms with Crippen LogP contribution in [-0.2, 0) is 4.57 Å². The second kappa shape index (κ2) is 1.86. The Labute approximate surface area is 33.9 Å². The third-order valence-corrected chi connectivity index (χ3v) is 0. The fraction of sp³-hybridized carbons (Fsp3) is 1.00. The van der Waals surface area contributed by atoms with Gasteiger partial charge in [-0.05, 0) is 0 Å². The van der Waals surface area contributed by atoms with Crippen molar-refractivity contribution in [1.82, 2.24) is 0 Å². The van der Waals surface area contributed by atoms with Gasteiger partial charge in [0.05, 0.1) is 0 Å². The predicted octanol–water partition coefficient (Wildman–Crippen LogP) is 1.75. The molecule has 0 spiro atoms. The van der Waals surface area contributed by atoms with Crippen LogP contribution in [0.5, 0.6) is 0 Å². The molecule has 0 aliphatic rings. The summed E-state index contributed by atoms with van der Waals surface area (Å²) in [6, 6.07) is 0. The Morgan fingerprint density at radius 2 is 2.00 bits per heavy atom. The van der Waals surface area contributed by atoms with E-state index in [1.807, 2.05) is 0 Å². The molecule has 0 aliphatic heterocycles. The smallest absolute Gasteiger partial charge is 0.0611 e. The van der Waals surface area contributed by atoms with E-state index in [-0.39, 0.29) is 0 Å². The van der Waals surface area contributed by atoms with E-state index in [1.54, 1.807) is 6.66 Å². The first-order valence-corrected chi connectivity index (χ1v) is 4.52. The van der Waals surface area contributed by atoms with E-state index < -0.39 is 6.50 Å². The Hall–Kier alpha value is 0.580. The summed E-state index contributed by atoms with van der Waals surface area (Å²) in [5, 5.41) is 0. The second-order valence-electron chi connectivity index (χ2n) is 0.421. The molecule has 1 nitrogen and oxygen atoms in total. The van der Waals surface area contributed by atoms with Crippen LogP contribution in [0.25, 0.3) is 0 Å². The molecule has 0 bridgehead atoms. The van der Waals surface area contributed by atoms with E-state index in [1.165, 1.54) is 0 Å². The van der Waals surface area contributed by atoms with Gasteiger partial charge in [0, 0.05) is 0 Å². The van der Waals surface area contributed by atoms with Gasteiger partial charge in [0.2, 0.25) is 0 Å². The lowest BCUT2D eigenvalue weighted by Gasteiger charge is -1.31. The Balaban J connectivity index is 2.80. The van der Waals surface area contributed by atoms with Crippen molar-refractivity contribution in [2.45, 2.75) is 0 Å². The fourth-order valence-corrected chi connectivity index (χ4v) is 0. The molecule has 0 amide bonds. The standard InChI is InChI=1S/CH3BrOP/c1-4(2)3/h1H3/q+1. The molecule has 0 rings (SSSR count). The Morgan fingerprint density at radius 3 is 2.00 bits per heavy atom. The van der Waals surface area contributed by atoms with Crippen molar-refractivity contribution in [1.29, 1.82) is 0 Å². The lowest BCUT2D eigenvalue weighted by Crippen LogP contribution is -1.16. The lowest BCUT2D eigenvalue weighted by molar-refractivity contribution is 0.599. The van der Waals surface area contributed by atoms with Crippen LogP contribution in [0, 0.1) is 0 Å². The maximum absolute atomic E-state index is 9.51. The van der Waals surface area contributed by atoms with Gasteiger partial charge in [-0.1, -0.05) is 4.57 Å². The number of hydrogen-bond acceptors (Lipinski definition) is 1. The highest BCUT2D eigenvalue weighted by molar-refractivity contribution is 9.37. The molecule has 0 N–H and O–H groups in total. The third kappa shape index (κ3) is 19.1. The van der Waals surface area contributed by atoms with E-state index in [9.17, 15) is 4.57 Å². The monoisotopic (exact) mass is 141 g/mol. The summed E-state index contributed by atoms with van der Waals surface area (Å²) < 4.78 is 9.51. The minimum Gasteiger partial charge on any atom is -0.0611 e. The second-order valence-corrected chi connectivity index (χ2v) is 4.26. The summed E-state index contributed by atoms with van der Waals surface area (Å²) in [6.45, 7) is 0.535. The van der Waals surface area contributed by atoms with Crippen LogP contribution in [0.3, 0.4) is 0 Å². The summed E-state index contributed by atoms with van der Waals surface area (Å²) in [5.74, 6) is 0. The van der Waals surface area contributed by atoms with Crippen LogP contribution in [0.4, 0.5) is 0 Å². The van der Waals surface area contributed by atoms with Gasteiger partial charge >= 0.3 is 6.50 Å². The quantitative estimate of drug-likeness (QED) is 0.470. The summed E-state index contributed by atoms with van der Waals surface area (Å²) >= 11 is 2.78. The van der Waals surface area contributed by atoms with Crippen LogP contribution in [0.1, 0.15) is 0 Å². The average Bonchev–Trinajstić information content (AvgIpc) is 0.811. The van der Waals surface area contributed by atoms with Gasteiger partial charge in [0.25, 0.3) is 15.5 Å². The number of hydrogen-bond donors (Lipinski definition) is 0. The van der Waals surface area contributed by atoms with Crippen molar-refractivity contribution in [3.05, 3.63) is 0 Å². The van der Waals surface area contributed by atoms with Crippen molar-refractivity contribution in [2.24, 2.45) is 0 Å². The molecule has 0 fully saturated rings. The van der Waals surface area contributed by atoms with Crippen molar-refractivity contribution in [3.63, 3.8) is 0 Å². The van der Waals surface area contributed by atoms with E-state index in [2.05, 4.69) is 15.5 Å². The first-order valence-electron chi connectivity index (χ1n) is 0.799. The van der Waals surface area contributed by atoms with Crippen molar-refractivity contribution in [2.75, 3.05) is 6.66 Å². The molecule has 0 aliphatic carbocycles. The zero-order chi connectivity index (χ0) is 3.58. The molecule has 0 saturated heterocycles. The zero-order valence-electron chi connectivity index (χ0n) is 2.23. The van der Waals surface area contributed by atoms with Crippen LogP contribution in [0.15, 0.2) is 0 Å².